The molecule has 0 aliphatic heterocycles. The molecule has 0 amide bonds. The second-order valence-electron chi connectivity index (χ2n) is 5.07. The number of rotatable bonds is 15. The predicted octanol–water partition coefficient (Wildman–Crippen LogP) is 4.50. The summed E-state index contributed by atoms with van der Waals surface area (Å²) in [7, 11) is -4.57. The lowest BCUT2D eigenvalue weighted by Gasteiger charge is -2.27. The maximum absolute atomic E-state index is 5.65. The van der Waals surface area contributed by atoms with Crippen LogP contribution in [-0.4, -0.2) is 57.3 Å². The minimum atomic E-state index is -2.30. The van der Waals surface area contributed by atoms with E-state index in [1.165, 1.54) is 0 Å². The van der Waals surface area contributed by atoms with Gasteiger partial charge < -0.3 is 26.6 Å². The summed E-state index contributed by atoms with van der Waals surface area (Å²) in [5.74, 6) is 0. The molecule has 0 aromatic rings. The van der Waals surface area contributed by atoms with E-state index in [1.54, 1.807) is 0 Å². The minimum absolute atomic E-state index is 0.667. The lowest BCUT2D eigenvalue weighted by molar-refractivity contribution is 0.0708. The van der Waals surface area contributed by atoms with Gasteiger partial charge in [-0.05, 0) is 41.5 Å². The molecule has 0 spiro atoms. The fourth-order valence-electron chi connectivity index (χ4n) is 2.40. The van der Waals surface area contributed by atoms with E-state index in [0.717, 1.165) is 18.5 Å². The molecule has 0 aromatic heterocycles. The van der Waals surface area contributed by atoms with Gasteiger partial charge in [0.15, 0.2) is 0 Å². The molecule has 0 aliphatic rings. The van der Waals surface area contributed by atoms with E-state index >= 15 is 0 Å². The maximum Gasteiger partial charge on any atom is 0.500 e. The molecule has 8 heteroatoms. The molecule has 0 atom stereocenters. The Balaban J connectivity index is 0. The molecule has 25 heavy (non-hydrogen) atoms. The average molecular weight is 399 g/mol. The molecule has 0 N–H and O–H groups in total. The summed E-state index contributed by atoms with van der Waals surface area (Å²) in [5.41, 5.74) is 0. The van der Waals surface area contributed by atoms with Crippen LogP contribution in [0.25, 0.3) is 0 Å². The van der Waals surface area contributed by atoms with Crippen LogP contribution in [0.4, 0.5) is 0 Å². The average Bonchev–Trinajstić information content (AvgIpc) is 2.57. The van der Waals surface area contributed by atoms with Gasteiger partial charge in [0.2, 0.25) is 0 Å². The summed E-state index contributed by atoms with van der Waals surface area (Å²) in [4.78, 5) is 0. The van der Waals surface area contributed by atoms with E-state index in [2.05, 4.69) is 6.92 Å². The topological polar surface area (TPSA) is 55.4 Å². The van der Waals surface area contributed by atoms with E-state index in [1.807, 2.05) is 48.5 Å². The van der Waals surface area contributed by atoms with Gasteiger partial charge in [-0.25, -0.2) is 0 Å². The Kier molecular flexibility index (Phi) is 19.3. The fourth-order valence-corrected chi connectivity index (χ4v) is 7.20. The van der Waals surface area contributed by atoms with Crippen molar-refractivity contribution < 1.29 is 26.6 Å². The standard InChI is InChI=1S/C9H22O3Si.C8H20O3Si/c1-5-9-13(10-6-2,11-7-3)12-8-4;1-5-9-12(8-4,10-6-2)11-7-3/h5-9H2,1-4H3;5-8H2,1-4H3. The molecule has 0 aliphatic carbocycles. The van der Waals surface area contributed by atoms with Crippen molar-refractivity contribution in [1.82, 2.24) is 0 Å². The normalized spacial score (nSPS) is 12.0. The van der Waals surface area contributed by atoms with E-state index < -0.39 is 17.6 Å². The minimum Gasteiger partial charge on any atom is -0.374 e. The van der Waals surface area contributed by atoms with Gasteiger partial charge in [-0.1, -0.05) is 20.3 Å². The van der Waals surface area contributed by atoms with Crippen LogP contribution in [-0.2, 0) is 26.6 Å². The van der Waals surface area contributed by atoms with Crippen LogP contribution in [0.15, 0.2) is 0 Å². The molecule has 154 valence electrons. The summed E-state index contributed by atoms with van der Waals surface area (Å²) < 4.78 is 33.6. The van der Waals surface area contributed by atoms with Gasteiger partial charge in [0, 0.05) is 51.7 Å². The molecule has 0 heterocycles. The van der Waals surface area contributed by atoms with Gasteiger partial charge in [-0.2, -0.15) is 0 Å². The van der Waals surface area contributed by atoms with Crippen molar-refractivity contribution in [3.05, 3.63) is 0 Å². The van der Waals surface area contributed by atoms with Crippen molar-refractivity contribution in [2.45, 2.75) is 73.9 Å². The summed E-state index contributed by atoms with van der Waals surface area (Å²) in [6, 6.07) is 1.77. The van der Waals surface area contributed by atoms with Crippen LogP contribution >= 0.6 is 0 Å². The highest BCUT2D eigenvalue weighted by molar-refractivity contribution is 6.61. The van der Waals surface area contributed by atoms with E-state index in [4.69, 9.17) is 26.6 Å². The summed E-state index contributed by atoms with van der Waals surface area (Å²) in [5, 5.41) is 0. The smallest absolute Gasteiger partial charge is 0.374 e. The molecule has 6 nitrogen and oxygen atoms in total. The first-order valence-electron chi connectivity index (χ1n) is 9.82. The van der Waals surface area contributed by atoms with Crippen LogP contribution in [0.2, 0.25) is 12.1 Å². The molecule has 0 aromatic carbocycles. The maximum atomic E-state index is 5.65. The molecule has 0 bridgehead atoms. The fraction of sp³-hybridized carbons (Fsp3) is 1.00. The Hall–Kier alpha value is 0.194. The molecule has 0 saturated carbocycles. The Bertz CT molecular complexity index is 235. The van der Waals surface area contributed by atoms with E-state index in [-0.39, 0.29) is 0 Å². The third kappa shape index (κ3) is 12.2. The first-order chi connectivity index (χ1) is 12.0. The number of hydrogen-bond acceptors (Lipinski definition) is 6. The van der Waals surface area contributed by atoms with Crippen LogP contribution in [0.5, 0.6) is 0 Å². The lowest BCUT2D eigenvalue weighted by atomic mass is 10.6. The Labute approximate surface area is 158 Å². The van der Waals surface area contributed by atoms with Crippen LogP contribution < -0.4 is 0 Å². The molecule has 0 rings (SSSR count). The van der Waals surface area contributed by atoms with Crippen molar-refractivity contribution >= 4 is 17.6 Å². The van der Waals surface area contributed by atoms with Crippen molar-refractivity contribution in [1.29, 1.82) is 0 Å². The van der Waals surface area contributed by atoms with Gasteiger partial charge in [0.05, 0.1) is 0 Å². The third-order valence-electron chi connectivity index (χ3n) is 3.17. The molecule has 0 fully saturated rings. The lowest BCUT2D eigenvalue weighted by Crippen LogP contribution is -2.45. The van der Waals surface area contributed by atoms with Gasteiger partial charge in [0.25, 0.3) is 0 Å². The summed E-state index contributed by atoms with van der Waals surface area (Å²) >= 11 is 0. The van der Waals surface area contributed by atoms with Gasteiger partial charge in [-0.3, -0.25) is 0 Å². The highest BCUT2D eigenvalue weighted by Crippen LogP contribution is 2.17. The van der Waals surface area contributed by atoms with Crippen LogP contribution in [0.3, 0.4) is 0 Å². The quantitative estimate of drug-likeness (QED) is 0.379. The predicted molar refractivity (Wildman–Crippen MR) is 107 cm³/mol. The van der Waals surface area contributed by atoms with Crippen LogP contribution in [0.1, 0.15) is 61.8 Å². The second kappa shape index (κ2) is 17.6. The Morgan fingerprint density at radius 1 is 0.440 bits per heavy atom. The zero-order valence-corrected chi connectivity index (χ0v) is 19.8. The van der Waals surface area contributed by atoms with Gasteiger partial charge in [-0.15, -0.1) is 0 Å². The molecular weight excluding hydrogens is 356 g/mol. The molecule has 0 unspecified atom stereocenters. The zero-order valence-electron chi connectivity index (χ0n) is 17.8. The Morgan fingerprint density at radius 2 is 0.720 bits per heavy atom. The first-order valence-corrected chi connectivity index (χ1v) is 13.7. The third-order valence-corrected chi connectivity index (χ3v) is 9.52. The molecule has 0 saturated heterocycles. The van der Waals surface area contributed by atoms with Gasteiger partial charge >= 0.3 is 17.6 Å². The highest BCUT2D eigenvalue weighted by Gasteiger charge is 2.39. The highest BCUT2D eigenvalue weighted by atomic mass is 28.4. The first kappa shape index (κ1) is 27.4. The van der Waals surface area contributed by atoms with E-state index in [0.29, 0.717) is 39.6 Å². The van der Waals surface area contributed by atoms with Crippen molar-refractivity contribution in [2.24, 2.45) is 0 Å². The number of hydrogen-bond donors (Lipinski definition) is 0. The SMILES string of the molecule is CCC[Si](OCC)(OCC)OCC.CCO[Si](CC)(OCC)OCC. The molecular formula is C17H42O6Si2. The summed E-state index contributed by atoms with van der Waals surface area (Å²) in [6.07, 6.45) is 1.05. The van der Waals surface area contributed by atoms with Crippen molar-refractivity contribution in [2.75, 3.05) is 39.6 Å². The summed E-state index contributed by atoms with van der Waals surface area (Å²) in [6.45, 7) is 20.0. The van der Waals surface area contributed by atoms with Gasteiger partial charge in [0.1, 0.15) is 0 Å². The second-order valence-corrected chi connectivity index (χ2v) is 10.7. The van der Waals surface area contributed by atoms with Crippen molar-refractivity contribution in [3.8, 4) is 0 Å². The Morgan fingerprint density at radius 3 is 0.920 bits per heavy atom. The van der Waals surface area contributed by atoms with E-state index in [9.17, 15) is 0 Å². The monoisotopic (exact) mass is 398 g/mol. The largest absolute Gasteiger partial charge is 0.500 e. The van der Waals surface area contributed by atoms with Crippen LogP contribution in [0, 0.1) is 0 Å². The van der Waals surface area contributed by atoms with Crippen molar-refractivity contribution in [3.63, 3.8) is 0 Å². The molecule has 0 radical (unpaired) electrons. The zero-order chi connectivity index (χ0) is 19.6.